The summed E-state index contributed by atoms with van der Waals surface area (Å²) in [7, 11) is 1.24. The van der Waals surface area contributed by atoms with Crippen LogP contribution in [0.1, 0.15) is 271 Å². The Bertz CT molecular complexity index is 1480. The molecule has 0 aliphatic rings. The summed E-state index contributed by atoms with van der Waals surface area (Å²) in [6.45, 7) is 4.43. The first kappa shape index (κ1) is 71.7. The number of phosphoric ester groups is 1. The maximum atomic E-state index is 12.9. The molecule has 0 aromatic carbocycles. The predicted molar refractivity (Wildman–Crippen MR) is 320 cm³/mol. The van der Waals surface area contributed by atoms with Crippen LogP contribution in [0.3, 0.4) is 0 Å². The van der Waals surface area contributed by atoms with Crippen molar-refractivity contribution in [1.82, 2.24) is 5.32 Å². The van der Waals surface area contributed by atoms with Gasteiger partial charge in [0.25, 0.3) is 7.82 Å². The molecule has 0 aromatic heterocycles. The van der Waals surface area contributed by atoms with E-state index in [1.54, 1.807) is 6.08 Å². The lowest BCUT2D eigenvalue weighted by Crippen LogP contribution is -2.45. The van der Waals surface area contributed by atoms with Gasteiger partial charge in [0.1, 0.15) is 13.2 Å². The van der Waals surface area contributed by atoms with Gasteiger partial charge in [-0.25, -0.2) is 0 Å². The highest BCUT2D eigenvalue weighted by molar-refractivity contribution is 7.45. The van der Waals surface area contributed by atoms with Gasteiger partial charge in [-0.3, -0.25) is 9.36 Å². The molecule has 0 fully saturated rings. The van der Waals surface area contributed by atoms with E-state index in [4.69, 9.17) is 9.05 Å². The van der Waals surface area contributed by atoms with Gasteiger partial charge in [-0.1, -0.05) is 272 Å². The second-order valence-electron chi connectivity index (χ2n) is 22.0. The number of unbranched alkanes of at least 4 members (excludes halogenated alkanes) is 31. The van der Waals surface area contributed by atoms with Crippen LogP contribution >= 0.6 is 7.82 Å². The Morgan fingerprint density at radius 1 is 0.486 bits per heavy atom. The molecule has 1 amide bonds. The normalized spacial score (nSPS) is 14.4. The van der Waals surface area contributed by atoms with Crippen LogP contribution in [0.15, 0.2) is 85.1 Å². The Morgan fingerprint density at radius 2 is 0.838 bits per heavy atom. The standard InChI is InChI=1S/C65H119N2O6P/c1-6-8-10-12-14-16-18-19-20-21-22-23-24-25-26-27-28-29-30-31-32-33-34-35-36-37-38-39-40-41-42-43-44-45-46-47-49-51-53-55-57-59-65(69)66-63(62-73-74(70,71)72-61-60-67(3,4)5)64(68)58-56-54-52-50-48-17-15-13-11-9-7-2/h8,10-11,13-14,16,19-20,22-23,48,50,56,58,63-64,68H,6-7,9,12,15,17-18,21,24-47,49,51-55,57,59-62H2,1-5H3,(H-,66,69,70,71)/b10-8-,13-11+,16-14-,20-19-,23-22-,50-48+,58-56+. The molecular formula is C65H119N2O6P. The van der Waals surface area contributed by atoms with E-state index in [9.17, 15) is 19.4 Å². The maximum absolute atomic E-state index is 12.9. The molecule has 0 bridgehead atoms. The lowest BCUT2D eigenvalue weighted by atomic mass is 10.0. The summed E-state index contributed by atoms with van der Waals surface area (Å²) in [5, 5.41) is 13.8. The highest BCUT2D eigenvalue weighted by Crippen LogP contribution is 2.38. The van der Waals surface area contributed by atoms with Crippen molar-refractivity contribution in [2.75, 3.05) is 40.9 Å². The van der Waals surface area contributed by atoms with Crippen LogP contribution in [0.5, 0.6) is 0 Å². The number of likely N-dealkylation sites (N-methyl/N-ethyl adjacent to an activating group) is 1. The van der Waals surface area contributed by atoms with Crippen LogP contribution < -0.4 is 10.2 Å². The number of phosphoric acid groups is 1. The van der Waals surface area contributed by atoms with Crippen molar-refractivity contribution in [1.29, 1.82) is 0 Å². The zero-order chi connectivity index (χ0) is 54.2. The van der Waals surface area contributed by atoms with Gasteiger partial charge in [-0.2, -0.15) is 0 Å². The molecule has 0 aromatic rings. The number of carbonyl (C=O) groups excluding carboxylic acids is 1. The third-order valence-corrected chi connectivity index (χ3v) is 14.5. The molecule has 2 N–H and O–H groups in total. The number of quaternary nitrogens is 1. The predicted octanol–water partition coefficient (Wildman–Crippen LogP) is 18.6. The second kappa shape index (κ2) is 55.4. The summed E-state index contributed by atoms with van der Waals surface area (Å²) in [4.78, 5) is 25.4. The number of aliphatic hydroxyl groups is 1. The van der Waals surface area contributed by atoms with Gasteiger partial charge in [-0.15, -0.1) is 0 Å². The third-order valence-electron chi connectivity index (χ3n) is 13.5. The number of nitrogens with one attached hydrogen (secondary N) is 1. The Balaban J connectivity index is 3.83. The molecule has 0 aliphatic heterocycles. The molecule has 9 heteroatoms. The van der Waals surface area contributed by atoms with Crippen LogP contribution in [-0.2, 0) is 18.4 Å². The SMILES string of the molecule is CC/C=C\C/C=C\C/C=C\C/C=C\CCCCCCCCCCCCCCCCCCCCCCCCCCCCCCC(=O)NC(COP(=O)([O-])OCC[N+](C)(C)C)C(O)/C=C/CC/C=C/CC/C=C/CCC. The minimum atomic E-state index is -4.60. The van der Waals surface area contributed by atoms with Gasteiger partial charge in [0.05, 0.1) is 39.9 Å². The number of rotatable bonds is 56. The van der Waals surface area contributed by atoms with E-state index in [0.717, 1.165) is 77.0 Å². The average molecular weight is 1060 g/mol. The summed E-state index contributed by atoms with van der Waals surface area (Å²) in [6.07, 6.45) is 78.7. The second-order valence-corrected chi connectivity index (χ2v) is 23.4. The molecule has 0 rings (SSSR count). The first-order valence-electron chi connectivity index (χ1n) is 30.9. The molecule has 0 spiro atoms. The molecular weight excluding hydrogens is 936 g/mol. The number of hydrogen-bond donors (Lipinski definition) is 2. The van der Waals surface area contributed by atoms with E-state index >= 15 is 0 Å². The minimum Gasteiger partial charge on any atom is -0.756 e. The van der Waals surface area contributed by atoms with E-state index in [2.05, 4.69) is 92.1 Å². The largest absolute Gasteiger partial charge is 0.756 e. The van der Waals surface area contributed by atoms with Crippen LogP contribution in [0.4, 0.5) is 0 Å². The summed E-state index contributed by atoms with van der Waals surface area (Å²) < 4.78 is 23.2. The number of aliphatic hydroxyl groups excluding tert-OH is 1. The van der Waals surface area contributed by atoms with E-state index in [1.165, 1.54) is 173 Å². The number of allylic oxidation sites excluding steroid dienone is 13. The first-order valence-corrected chi connectivity index (χ1v) is 32.4. The minimum absolute atomic E-state index is 0.00993. The number of carbonyl (C=O) groups is 1. The van der Waals surface area contributed by atoms with Crippen LogP contribution in [-0.4, -0.2) is 68.5 Å². The van der Waals surface area contributed by atoms with Crippen molar-refractivity contribution >= 4 is 13.7 Å². The maximum Gasteiger partial charge on any atom is 0.268 e. The molecule has 3 atom stereocenters. The van der Waals surface area contributed by atoms with Gasteiger partial charge in [0.15, 0.2) is 0 Å². The molecule has 0 aliphatic carbocycles. The molecule has 0 saturated heterocycles. The van der Waals surface area contributed by atoms with Gasteiger partial charge >= 0.3 is 0 Å². The highest BCUT2D eigenvalue weighted by atomic mass is 31.2. The van der Waals surface area contributed by atoms with E-state index in [1.807, 2.05) is 27.2 Å². The Hall–Kier alpha value is -2.32. The van der Waals surface area contributed by atoms with Crippen molar-refractivity contribution < 1.29 is 32.9 Å². The lowest BCUT2D eigenvalue weighted by Gasteiger charge is -2.29. The van der Waals surface area contributed by atoms with Crippen LogP contribution in [0.25, 0.3) is 0 Å². The summed E-state index contributed by atoms with van der Waals surface area (Å²) in [5.41, 5.74) is 0. The molecule has 0 radical (unpaired) electrons. The number of amides is 1. The Kier molecular flexibility index (Phi) is 53.7. The van der Waals surface area contributed by atoms with Crippen LogP contribution in [0, 0.1) is 0 Å². The van der Waals surface area contributed by atoms with Crippen molar-refractivity contribution in [2.24, 2.45) is 0 Å². The smallest absolute Gasteiger partial charge is 0.268 e. The van der Waals surface area contributed by atoms with Gasteiger partial charge in [0, 0.05) is 6.42 Å². The van der Waals surface area contributed by atoms with Crippen molar-refractivity contribution in [3.05, 3.63) is 85.1 Å². The third kappa shape index (κ3) is 57.4. The van der Waals surface area contributed by atoms with E-state index in [0.29, 0.717) is 17.4 Å². The zero-order valence-corrected chi connectivity index (χ0v) is 49.9. The van der Waals surface area contributed by atoms with Gasteiger partial charge < -0.3 is 28.8 Å². The number of hydrogen-bond acceptors (Lipinski definition) is 6. The summed E-state index contributed by atoms with van der Waals surface area (Å²) >= 11 is 0. The van der Waals surface area contributed by atoms with Gasteiger partial charge in [0.2, 0.25) is 5.91 Å². The summed E-state index contributed by atoms with van der Waals surface area (Å²) in [5.74, 6) is -0.211. The number of nitrogens with zero attached hydrogens (tertiary/aromatic N) is 1. The average Bonchev–Trinajstić information content (AvgIpc) is 3.36. The fraction of sp³-hybridized carbons (Fsp3) is 0.769. The van der Waals surface area contributed by atoms with Crippen molar-refractivity contribution in [3.8, 4) is 0 Å². The summed E-state index contributed by atoms with van der Waals surface area (Å²) in [6, 6.07) is -0.909. The first-order chi connectivity index (χ1) is 36.0. The Morgan fingerprint density at radius 3 is 1.24 bits per heavy atom. The van der Waals surface area contributed by atoms with Crippen molar-refractivity contribution in [3.63, 3.8) is 0 Å². The fourth-order valence-corrected chi connectivity index (χ4v) is 9.50. The van der Waals surface area contributed by atoms with Gasteiger partial charge in [-0.05, 0) is 77.0 Å². The lowest BCUT2D eigenvalue weighted by molar-refractivity contribution is -0.870. The fourth-order valence-electron chi connectivity index (χ4n) is 8.77. The van der Waals surface area contributed by atoms with Crippen molar-refractivity contribution in [2.45, 2.75) is 283 Å². The molecule has 430 valence electrons. The highest BCUT2D eigenvalue weighted by Gasteiger charge is 2.23. The molecule has 8 nitrogen and oxygen atoms in total. The van der Waals surface area contributed by atoms with E-state index < -0.39 is 26.6 Å². The monoisotopic (exact) mass is 1050 g/mol. The molecule has 3 unspecified atom stereocenters. The quantitative estimate of drug-likeness (QED) is 0.0272. The molecule has 0 saturated carbocycles. The van der Waals surface area contributed by atoms with Crippen LogP contribution in [0.2, 0.25) is 0 Å². The zero-order valence-electron chi connectivity index (χ0n) is 49.0. The topological polar surface area (TPSA) is 108 Å². The van der Waals surface area contributed by atoms with E-state index in [-0.39, 0.29) is 12.5 Å². The molecule has 74 heavy (non-hydrogen) atoms. The molecule has 0 heterocycles. The Labute approximate surface area is 458 Å².